The van der Waals surface area contributed by atoms with Crippen molar-refractivity contribution in [2.24, 2.45) is 0 Å². The van der Waals surface area contributed by atoms with Crippen molar-refractivity contribution in [1.29, 1.82) is 0 Å². The van der Waals surface area contributed by atoms with Gasteiger partial charge in [-0.05, 0) is 55.5 Å². The van der Waals surface area contributed by atoms with Gasteiger partial charge in [0.15, 0.2) is 11.5 Å². The van der Waals surface area contributed by atoms with Gasteiger partial charge in [-0.1, -0.05) is 29.8 Å². The normalized spacial score (nSPS) is 14.3. The Morgan fingerprint density at radius 1 is 0.973 bits per heavy atom. The second-order valence-electron chi connectivity index (χ2n) is 8.60. The summed E-state index contributed by atoms with van der Waals surface area (Å²) in [5.74, 6) is 2.63. The molecule has 0 N–H and O–H groups in total. The molecule has 1 aliphatic rings. The highest BCUT2D eigenvalue weighted by Crippen LogP contribution is 2.49. The van der Waals surface area contributed by atoms with E-state index in [-0.39, 0.29) is 12.5 Å². The van der Waals surface area contributed by atoms with Crippen LogP contribution in [0.2, 0.25) is 5.02 Å². The van der Waals surface area contributed by atoms with Crippen LogP contribution < -0.4 is 9.47 Å². The summed E-state index contributed by atoms with van der Waals surface area (Å²) < 4.78 is 21.6. The Hall–Kier alpha value is -4.63. The molecule has 0 saturated carbocycles. The minimum Gasteiger partial charge on any atom is -0.486 e. The van der Waals surface area contributed by atoms with E-state index in [1.54, 1.807) is 21.8 Å². The smallest absolute Gasteiger partial charge is 0.230 e. The summed E-state index contributed by atoms with van der Waals surface area (Å²) in [7, 11) is 0. The van der Waals surface area contributed by atoms with Gasteiger partial charge < -0.3 is 13.9 Å². The van der Waals surface area contributed by atoms with Crippen LogP contribution in [0.1, 0.15) is 34.3 Å². The number of benzene rings is 2. The van der Waals surface area contributed by atoms with Gasteiger partial charge in [-0.25, -0.2) is 19.2 Å². The van der Waals surface area contributed by atoms with Gasteiger partial charge in [0.2, 0.25) is 11.8 Å². The van der Waals surface area contributed by atoms with E-state index in [1.165, 1.54) is 0 Å². The minimum atomic E-state index is -0.349. The maximum atomic E-state index is 6.39. The lowest BCUT2D eigenvalue weighted by Crippen LogP contribution is -2.15. The van der Waals surface area contributed by atoms with Gasteiger partial charge in [-0.3, -0.25) is 0 Å². The number of para-hydroxylation sites is 1. The largest absolute Gasteiger partial charge is 0.486 e. The molecule has 37 heavy (non-hydrogen) atoms. The molecular weight excluding hydrogens is 492 g/mol. The lowest BCUT2D eigenvalue weighted by molar-refractivity contribution is 0.296. The zero-order chi connectivity index (χ0) is 24.9. The number of furan rings is 1. The predicted molar refractivity (Wildman–Crippen MR) is 135 cm³/mol. The standard InChI is InChI=1S/C27H19ClN6O3/c1-16-22-23(20-8-5-13-35-20)24-25-30-21(14-36-19-6-3-2-4-7-19)32-33(25)15-29-26(24)37-27(22)34(31-16)18-11-9-17(28)10-12-18/h2-13,15,23H,14H2,1H3/t23-/m0/s1. The molecule has 10 heteroatoms. The fourth-order valence-electron chi connectivity index (χ4n) is 4.65. The third-order valence-electron chi connectivity index (χ3n) is 6.27. The summed E-state index contributed by atoms with van der Waals surface area (Å²) in [6.07, 6.45) is 3.24. The van der Waals surface area contributed by atoms with E-state index in [9.17, 15) is 0 Å². The molecule has 0 bridgehead atoms. The quantitative estimate of drug-likeness (QED) is 0.292. The van der Waals surface area contributed by atoms with E-state index in [1.807, 2.05) is 73.7 Å². The topological polar surface area (TPSA) is 92.5 Å². The van der Waals surface area contributed by atoms with Crippen LogP contribution in [0.4, 0.5) is 0 Å². The second kappa shape index (κ2) is 8.49. The summed E-state index contributed by atoms with van der Waals surface area (Å²) in [6.45, 7) is 2.16. The molecule has 182 valence electrons. The van der Waals surface area contributed by atoms with Gasteiger partial charge in [0.25, 0.3) is 0 Å². The molecule has 5 heterocycles. The second-order valence-corrected chi connectivity index (χ2v) is 9.04. The molecule has 0 spiro atoms. The highest BCUT2D eigenvalue weighted by molar-refractivity contribution is 6.30. The van der Waals surface area contributed by atoms with Crippen LogP contribution in [-0.2, 0) is 6.61 Å². The molecule has 4 aromatic heterocycles. The summed E-state index contributed by atoms with van der Waals surface area (Å²) in [4.78, 5) is 9.39. The average molecular weight is 511 g/mol. The third-order valence-corrected chi connectivity index (χ3v) is 6.53. The monoisotopic (exact) mass is 510 g/mol. The molecule has 2 aromatic carbocycles. The van der Waals surface area contributed by atoms with Crippen molar-refractivity contribution in [1.82, 2.24) is 29.4 Å². The first-order valence-corrected chi connectivity index (χ1v) is 12.0. The van der Waals surface area contributed by atoms with Crippen LogP contribution in [0.15, 0.2) is 83.7 Å². The van der Waals surface area contributed by atoms with Crippen LogP contribution in [0.25, 0.3) is 11.3 Å². The van der Waals surface area contributed by atoms with Crippen LogP contribution in [0.3, 0.4) is 0 Å². The van der Waals surface area contributed by atoms with Crippen molar-refractivity contribution in [2.75, 3.05) is 0 Å². The zero-order valence-corrected chi connectivity index (χ0v) is 20.3. The summed E-state index contributed by atoms with van der Waals surface area (Å²) in [5.41, 5.74) is 3.85. The van der Waals surface area contributed by atoms with Crippen molar-refractivity contribution >= 4 is 17.2 Å². The fraction of sp³-hybridized carbons (Fsp3) is 0.111. The van der Waals surface area contributed by atoms with E-state index in [2.05, 4.69) is 10.1 Å². The SMILES string of the molecule is Cc1nn(-c2ccc(Cl)cc2)c2c1[C@H](c1ccco1)c1c(ncn3nc(COc4ccccc4)nc13)O2. The molecule has 0 amide bonds. The number of hydrogen-bond acceptors (Lipinski definition) is 7. The number of aryl methyl sites for hydroxylation is 1. The molecular formula is C27H19ClN6O3. The van der Waals surface area contributed by atoms with Gasteiger partial charge >= 0.3 is 0 Å². The maximum absolute atomic E-state index is 6.39. The lowest BCUT2D eigenvalue weighted by Gasteiger charge is -2.24. The minimum absolute atomic E-state index is 0.214. The van der Waals surface area contributed by atoms with Gasteiger partial charge in [-0.2, -0.15) is 5.10 Å². The number of hydrogen-bond donors (Lipinski definition) is 0. The third kappa shape index (κ3) is 3.63. The fourth-order valence-corrected chi connectivity index (χ4v) is 4.77. The van der Waals surface area contributed by atoms with Crippen LogP contribution in [-0.4, -0.2) is 29.4 Å². The van der Waals surface area contributed by atoms with Gasteiger partial charge in [0.05, 0.1) is 34.7 Å². The summed E-state index contributed by atoms with van der Waals surface area (Å²) >= 11 is 6.11. The van der Waals surface area contributed by atoms with E-state index < -0.39 is 0 Å². The molecule has 0 unspecified atom stereocenters. The number of rotatable bonds is 5. The molecule has 7 rings (SSSR count). The van der Waals surface area contributed by atoms with Crippen LogP contribution >= 0.6 is 11.6 Å². The average Bonchev–Trinajstić information content (AvgIpc) is 3.67. The van der Waals surface area contributed by atoms with Crippen LogP contribution in [0, 0.1) is 6.92 Å². The van der Waals surface area contributed by atoms with Gasteiger partial charge in [0.1, 0.15) is 24.4 Å². The Balaban J connectivity index is 1.36. The number of fused-ring (bicyclic) bond motifs is 4. The highest BCUT2D eigenvalue weighted by atomic mass is 35.5. The molecule has 0 radical (unpaired) electrons. The molecule has 6 aromatic rings. The first-order chi connectivity index (χ1) is 18.2. The Kier molecular flexibility index (Phi) is 4.97. The van der Waals surface area contributed by atoms with Crippen molar-refractivity contribution in [2.45, 2.75) is 19.4 Å². The lowest BCUT2D eigenvalue weighted by atomic mass is 9.88. The molecule has 1 atom stereocenters. The zero-order valence-electron chi connectivity index (χ0n) is 19.6. The van der Waals surface area contributed by atoms with E-state index in [4.69, 9.17) is 35.6 Å². The van der Waals surface area contributed by atoms with Crippen molar-refractivity contribution in [3.63, 3.8) is 0 Å². The van der Waals surface area contributed by atoms with Gasteiger partial charge in [-0.15, -0.1) is 5.10 Å². The number of aromatic nitrogens is 6. The van der Waals surface area contributed by atoms with Crippen molar-refractivity contribution in [3.8, 4) is 23.2 Å². The van der Waals surface area contributed by atoms with Crippen molar-refractivity contribution < 1.29 is 13.9 Å². The molecule has 1 aliphatic heterocycles. The number of halogens is 1. The van der Waals surface area contributed by atoms with E-state index in [0.717, 1.165) is 34.0 Å². The van der Waals surface area contributed by atoms with Crippen LogP contribution in [0.5, 0.6) is 17.5 Å². The van der Waals surface area contributed by atoms with E-state index in [0.29, 0.717) is 28.3 Å². The number of ether oxygens (including phenoxy) is 2. The summed E-state index contributed by atoms with van der Waals surface area (Å²) in [6, 6.07) is 20.8. The predicted octanol–water partition coefficient (Wildman–Crippen LogP) is 5.73. The molecule has 0 fully saturated rings. The first kappa shape index (κ1) is 21.6. The molecule has 9 nitrogen and oxygen atoms in total. The highest BCUT2D eigenvalue weighted by Gasteiger charge is 2.39. The Bertz CT molecular complexity index is 1730. The van der Waals surface area contributed by atoms with Gasteiger partial charge in [0, 0.05) is 5.02 Å². The maximum Gasteiger partial charge on any atom is 0.230 e. The Morgan fingerprint density at radius 2 is 1.81 bits per heavy atom. The Labute approximate surface area is 215 Å². The van der Waals surface area contributed by atoms with E-state index >= 15 is 0 Å². The molecule has 0 aliphatic carbocycles. The molecule has 0 saturated heterocycles. The first-order valence-electron chi connectivity index (χ1n) is 11.6. The Morgan fingerprint density at radius 3 is 2.59 bits per heavy atom. The van der Waals surface area contributed by atoms with Crippen molar-refractivity contribution in [3.05, 3.63) is 113 Å². The summed E-state index contributed by atoms with van der Waals surface area (Å²) in [5, 5.41) is 10.0. The number of nitrogens with zero attached hydrogens (tertiary/aromatic N) is 6.